The van der Waals surface area contributed by atoms with E-state index in [1.165, 1.54) is 0 Å². The van der Waals surface area contributed by atoms with Crippen LogP contribution in [0.2, 0.25) is 0 Å². The molecule has 0 saturated carbocycles. The van der Waals surface area contributed by atoms with Crippen molar-refractivity contribution in [3.63, 3.8) is 0 Å². The molecule has 0 aliphatic rings. The van der Waals surface area contributed by atoms with Gasteiger partial charge in [-0.3, -0.25) is 4.79 Å². The molecule has 1 rings (SSSR count). The fourth-order valence-electron chi connectivity index (χ4n) is 1.55. The van der Waals surface area contributed by atoms with Crippen LogP contribution in [0, 0.1) is 11.3 Å². The van der Waals surface area contributed by atoms with Gasteiger partial charge < -0.3 is 15.8 Å². The summed E-state index contributed by atoms with van der Waals surface area (Å²) >= 11 is 0. The van der Waals surface area contributed by atoms with Gasteiger partial charge in [-0.1, -0.05) is 19.1 Å². The van der Waals surface area contributed by atoms with Crippen molar-refractivity contribution in [1.82, 2.24) is 5.32 Å². The summed E-state index contributed by atoms with van der Waals surface area (Å²) in [4.78, 5) is 11.3. The minimum Gasteiger partial charge on any atom is -0.484 e. The summed E-state index contributed by atoms with van der Waals surface area (Å²) in [6.07, 6.45) is 1.70. The lowest BCUT2D eigenvalue weighted by molar-refractivity contribution is -0.122. The molecule has 1 unspecified atom stereocenters. The van der Waals surface area contributed by atoms with Crippen LogP contribution in [0.4, 0.5) is 0 Å². The number of rotatable bonds is 7. The molecule has 102 valence electrons. The van der Waals surface area contributed by atoms with E-state index < -0.39 is 0 Å². The highest BCUT2D eigenvalue weighted by molar-refractivity contribution is 5.77. The Labute approximate surface area is 113 Å². The molecule has 0 spiro atoms. The number of ether oxygens (including phenoxy) is 1. The van der Waals surface area contributed by atoms with E-state index in [2.05, 4.69) is 5.32 Å². The molecule has 5 nitrogen and oxygen atoms in total. The second-order valence-electron chi connectivity index (χ2n) is 4.24. The maximum Gasteiger partial charge on any atom is 0.258 e. The molecule has 0 saturated heterocycles. The van der Waals surface area contributed by atoms with Crippen LogP contribution < -0.4 is 15.8 Å². The maximum absolute atomic E-state index is 11.3. The van der Waals surface area contributed by atoms with E-state index in [1.807, 2.05) is 31.2 Å². The van der Waals surface area contributed by atoms with Crippen molar-refractivity contribution >= 4 is 5.91 Å². The molecule has 5 heteroatoms. The molecule has 1 aromatic rings. The van der Waals surface area contributed by atoms with Crippen molar-refractivity contribution in [1.29, 1.82) is 5.26 Å². The van der Waals surface area contributed by atoms with Gasteiger partial charge in [0.2, 0.25) is 0 Å². The first kappa shape index (κ1) is 15.0. The van der Waals surface area contributed by atoms with Crippen LogP contribution >= 0.6 is 0 Å². The molecule has 1 amide bonds. The molecule has 3 N–H and O–H groups in total. The lowest BCUT2D eigenvalue weighted by Gasteiger charge is -2.10. The highest BCUT2D eigenvalue weighted by atomic mass is 16.5. The Bertz CT molecular complexity index is 454. The lowest BCUT2D eigenvalue weighted by atomic mass is 10.0. The highest BCUT2D eigenvalue weighted by Gasteiger charge is 2.05. The van der Waals surface area contributed by atoms with E-state index in [9.17, 15) is 4.79 Å². The number of amides is 1. The molecule has 0 aliphatic heterocycles. The SMILES string of the molecule is CCC(N)Cc1cccc(OCC(=O)NCC#N)c1. The van der Waals surface area contributed by atoms with Crippen molar-refractivity contribution in [2.24, 2.45) is 5.73 Å². The number of hydrogen-bond donors (Lipinski definition) is 2. The second-order valence-corrected chi connectivity index (χ2v) is 4.24. The quantitative estimate of drug-likeness (QED) is 0.716. The number of carbonyl (C=O) groups excluding carboxylic acids is 1. The Morgan fingerprint density at radius 2 is 2.37 bits per heavy atom. The summed E-state index contributed by atoms with van der Waals surface area (Å²) in [6.45, 7) is 1.95. The number of nitriles is 1. The van der Waals surface area contributed by atoms with E-state index in [1.54, 1.807) is 6.07 Å². The summed E-state index contributed by atoms with van der Waals surface area (Å²) in [5.41, 5.74) is 6.98. The Hall–Kier alpha value is -2.06. The molecular formula is C14H19N3O2. The van der Waals surface area contributed by atoms with Gasteiger partial charge >= 0.3 is 0 Å². The predicted molar refractivity (Wildman–Crippen MR) is 72.5 cm³/mol. The molecule has 19 heavy (non-hydrogen) atoms. The van der Waals surface area contributed by atoms with Crippen molar-refractivity contribution in [2.45, 2.75) is 25.8 Å². The molecule has 1 aromatic carbocycles. The summed E-state index contributed by atoms with van der Waals surface area (Å²) in [6, 6.07) is 9.50. The molecule has 0 bridgehead atoms. The van der Waals surface area contributed by atoms with Gasteiger partial charge in [0.25, 0.3) is 5.91 Å². The van der Waals surface area contributed by atoms with Crippen LogP contribution in [0.25, 0.3) is 0 Å². The Balaban J connectivity index is 2.48. The van der Waals surface area contributed by atoms with E-state index in [0.717, 1.165) is 18.4 Å². The number of benzene rings is 1. The van der Waals surface area contributed by atoms with Gasteiger partial charge in [0.15, 0.2) is 6.61 Å². The molecule has 0 fully saturated rings. The highest BCUT2D eigenvalue weighted by Crippen LogP contribution is 2.14. The summed E-state index contributed by atoms with van der Waals surface area (Å²) in [5.74, 6) is 0.324. The van der Waals surface area contributed by atoms with Crippen LogP contribution in [0.3, 0.4) is 0 Å². The number of carbonyl (C=O) groups is 1. The van der Waals surface area contributed by atoms with Crippen LogP contribution in [-0.2, 0) is 11.2 Å². The zero-order valence-corrected chi connectivity index (χ0v) is 11.1. The average Bonchev–Trinajstić information content (AvgIpc) is 2.43. The smallest absolute Gasteiger partial charge is 0.258 e. The van der Waals surface area contributed by atoms with Gasteiger partial charge in [-0.15, -0.1) is 0 Å². The normalized spacial score (nSPS) is 11.4. The number of hydrogen-bond acceptors (Lipinski definition) is 4. The van der Waals surface area contributed by atoms with E-state index in [-0.39, 0.29) is 25.1 Å². The second kappa shape index (κ2) is 8.11. The average molecular weight is 261 g/mol. The fourth-order valence-corrected chi connectivity index (χ4v) is 1.55. The van der Waals surface area contributed by atoms with Gasteiger partial charge in [-0.25, -0.2) is 0 Å². The third-order valence-electron chi connectivity index (χ3n) is 2.66. The fraction of sp³-hybridized carbons (Fsp3) is 0.429. The summed E-state index contributed by atoms with van der Waals surface area (Å²) in [7, 11) is 0. The van der Waals surface area contributed by atoms with Crippen LogP contribution in [0.5, 0.6) is 5.75 Å². The van der Waals surface area contributed by atoms with Crippen LogP contribution in [0.1, 0.15) is 18.9 Å². The summed E-state index contributed by atoms with van der Waals surface area (Å²) < 4.78 is 5.36. The Kier molecular flexibility index (Phi) is 6.41. The first-order valence-corrected chi connectivity index (χ1v) is 6.26. The van der Waals surface area contributed by atoms with Gasteiger partial charge in [-0.2, -0.15) is 5.26 Å². The largest absolute Gasteiger partial charge is 0.484 e. The molecule has 0 heterocycles. The number of nitrogens with one attached hydrogen (secondary N) is 1. The molecule has 0 aromatic heterocycles. The van der Waals surface area contributed by atoms with Crippen molar-refractivity contribution in [3.8, 4) is 11.8 Å². The van der Waals surface area contributed by atoms with Crippen molar-refractivity contribution in [2.75, 3.05) is 13.2 Å². The number of nitrogens with zero attached hydrogens (tertiary/aromatic N) is 1. The van der Waals surface area contributed by atoms with Crippen LogP contribution in [-0.4, -0.2) is 25.1 Å². The van der Waals surface area contributed by atoms with E-state index >= 15 is 0 Å². The van der Waals surface area contributed by atoms with E-state index in [4.69, 9.17) is 15.7 Å². The van der Waals surface area contributed by atoms with Crippen LogP contribution in [0.15, 0.2) is 24.3 Å². The topological polar surface area (TPSA) is 88.1 Å². The zero-order chi connectivity index (χ0) is 14.1. The standard InChI is InChI=1S/C14H19N3O2/c1-2-12(16)8-11-4-3-5-13(9-11)19-10-14(18)17-7-6-15/h3-5,9,12H,2,7-8,10,16H2,1H3,(H,17,18). The van der Waals surface area contributed by atoms with Gasteiger partial charge in [0.1, 0.15) is 12.3 Å². The maximum atomic E-state index is 11.3. The van der Waals surface area contributed by atoms with Gasteiger partial charge in [0, 0.05) is 6.04 Å². The Morgan fingerprint density at radius 1 is 1.58 bits per heavy atom. The lowest BCUT2D eigenvalue weighted by Crippen LogP contribution is -2.29. The van der Waals surface area contributed by atoms with Crippen molar-refractivity contribution in [3.05, 3.63) is 29.8 Å². The third kappa shape index (κ3) is 5.89. The first-order chi connectivity index (χ1) is 9.15. The van der Waals surface area contributed by atoms with Gasteiger partial charge in [0.05, 0.1) is 6.07 Å². The van der Waals surface area contributed by atoms with Crippen molar-refractivity contribution < 1.29 is 9.53 Å². The molecule has 0 radical (unpaired) electrons. The van der Waals surface area contributed by atoms with E-state index in [0.29, 0.717) is 5.75 Å². The first-order valence-electron chi connectivity index (χ1n) is 6.26. The monoisotopic (exact) mass is 261 g/mol. The number of nitrogens with two attached hydrogens (primary N) is 1. The minimum atomic E-state index is -0.308. The van der Waals surface area contributed by atoms with Gasteiger partial charge in [-0.05, 0) is 30.5 Å². The summed E-state index contributed by atoms with van der Waals surface area (Å²) in [5, 5.41) is 10.7. The molecule has 0 aliphatic carbocycles. The third-order valence-corrected chi connectivity index (χ3v) is 2.66. The molecule has 1 atom stereocenters. The predicted octanol–water partition coefficient (Wildman–Crippen LogP) is 0.985. The Morgan fingerprint density at radius 3 is 3.05 bits per heavy atom. The minimum absolute atomic E-state index is 0.00636. The zero-order valence-electron chi connectivity index (χ0n) is 11.1. The molecular weight excluding hydrogens is 242 g/mol.